The van der Waals surface area contributed by atoms with Gasteiger partial charge in [0.2, 0.25) is 15.9 Å². The van der Waals surface area contributed by atoms with Crippen LogP contribution in [0.1, 0.15) is 56.3 Å². The van der Waals surface area contributed by atoms with Crippen molar-refractivity contribution in [3.05, 3.63) is 53.1 Å². The number of amides is 1. The molecule has 0 aliphatic heterocycles. The highest BCUT2D eigenvalue weighted by molar-refractivity contribution is 7.92. The second-order valence-electron chi connectivity index (χ2n) is 8.27. The average Bonchev–Trinajstić information content (AvgIpc) is 2.72. The Labute approximate surface area is 191 Å². The van der Waals surface area contributed by atoms with E-state index in [1.165, 1.54) is 7.11 Å². The van der Waals surface area contributed by atoms with E-state index in [1.807, 2.05) is 26.0 Å². The van der Waals surface area contributed by atoms with Crippen molar-refractivity contribution < 1.29 is 22.7 Å². The van der Waals surface area contributed by atoms with Gasteiger partial charge in [0.15, 0.2) is 0 Å². The summed E-state index contributed by atoms with van der Waals surface area (Å²) < 4.78 is 36.8. The lowest BCUT2D eigenvalue weighted by molar-refractivity contribution is -0.122. The van der Waals surface area contributed by atoms with Gasteiger partial charge in [0.05, 0.1) is 32.2 Å². The van der Waals surface area contributed by atoms with E-state index in [0.717, 1.165) is 33.0 Å². The highest BCUT2D eigenvalue weighted by atomic mass is 32.2. The third-order valence-electron chi connectivity index (χ3n) is 5.48. The Morgan fingerprint density at radius 2 is 1.56 bits per heavy atom. The fraction of sp³-hybridized carbons (Fsp3) is 0.458. The molecule has 2 atom stereocenters. The van der Waals surface area contributed by atoms with E-state index in [4.69, 9.17) is 9.47 Å². The second-order valence-corrected chi connectivity index (χ2v) is 10.1. The standard InChI is InChI=1S/C24H34N2O5S/c1-15(2)21-14-22(16(3)13-23(21)31-7)17(4)25-24(27)18(5)26(32(8,28)29)19-9-11-20(30-6)12-10-19/h9-15,17-18H,1-8H3,(H,25,27)/t17-,18+/m0/s1. The summed E-state index contributed by atoms with van der Waals surface area (Å²) in [7, 11) is -0.523. The topological polar surface area (TPSA) is 84.9 Å². The Kier molecular flexibility index (Phi) is 8.18. The van der Waals surface area contributed by atoms with Crippen LogP contribution in [-0.2, 0) is 14.8 Å². The summed E-state index contributed by atoms with van der Waals surface area (Å²) in [6.07, 6.45) is 1.09. The van der Waals surface area contributed by atoms with Crippen molar-refractivity contribution in [3.8, 4) is 11.5 Å². The van der Waals surface area contributed by atoms with Gasteiger partial charge in [0.1, 0.15) is 17.5 Å². The Morgan fingerprint density at radius 1 is 0.969 bits per heavy atom. The molecule has 0 heterocycles. The SMILES string of the molecule is COc1ccc(N([C@H](C)C(=O)N[C@@H](C)c2cc(C(C)C)c(OC)cc2C)S(C)(=O)=O)cc1. The molecule has 0 fully saturated rings. The van der Waals surface area contributed by atoms with Crippen molar-refractivity contribution in [2.75, 3.05) is 24.8 Å². The Morgan fingerprint density at radius 3 is 2.03 bits per heavy atom. The van der Waals surface area contributed by atoms with Gasteiger partial charge in [-0.1, -0.05) is 13.8 Å². The summed E-state index contributed by atoms with van der Waals surface area (Å²) in [6.45, 7) is 9.60. The van der Waals surface area contributed by atoms with Crippen LogP contribution >= 0.6 is 0 Å². The number of nitrogens with zero attached hydrogens (tertiary/aromatic N) is 1. The summed E-state index contributed by atoms with van der Waals surface area (Å²) in [5.74, 6) is 1.28. The van der Waals surface area contributed by atoms with Crippen molar-refractivity contribution in [2.24, 2.45) is 0 Å². The zero-order chi connectivity index (χ0) is 24.2. The highest BCUT2D eigenvalue weighted by Crippen LogP contribution is 2.32. The van der Waals surface area contributed by atoms with Gasteiger partial charge in [-0.2, -0.15) is 0 Å². The normalized spacial score (nSPS) is 13.4. The van der Waals surface area contributed by atoms with Crippen LogP contribution in [0.5, 0.6) is 11.5 Å². The van der Waals surface area contributed by atoms with Crippen molar-refractivity contribution in [3.63, 3.8) is 0 Å². The Balaban J connectivity index is 2.32. The number of anilines is 1. The maximum Gasteiger partial charge on any atom is 0.244 e. The van der Waals surface area contributed by atoms with Crippen LogP contribution in [0, 0.1) is 6.92 Å². The predicted molar refractivity (Wildman–Crippen MR) is 128 cm³/mol. The van der Waals surface area contributed by atoms with Crippen LogP contribution in [-0.4, -0.2) is 40.8 Å². The largest absolute Gasteiger partial charge is 0.497 e. The number of carbonyl (C=O) groups is 1. The Hall–Kier alpha value is -2.74. The molecule has 0 aliphatic carbocycles. The van der Waals surface area contributed by atoms with Crippen molar-refractivity contribution in [1.82, 2.24) is 5.32 Å². The number of hydrogen-bond donors (Lipinski definition) is 1. The number of ether oxygens (including phenoxy) is 2. The number of rotatable bonds is 9. The zero-order valence-corrected chi connectivity index (χ0v) is 20.9. The number of hydrogen-bond acceptors (Lipinski definition) is 5. The first-order valence-corrected chi connectivity index (χ1v) is 12.4. The van der Waals surface area contributed by atoms with Gasteiger partial charge in [-0.3, -0.25) is 9.10 Å². The van der Waals surface area contributed by atoms with Gasteiger partial charge in [0, 0.05) is 0 Å². The van der Waals surface area contributed by atoms with E-state index < -0.39 is 16.1 Å². The van der Waals surface area contributed by atoms with Gasteiger partial charge < -0.3 is 14.8 Å². The molecule has 0 aromatic heterocycles. The molecule has 0 spiro atoms. The summed E-state index contributed by atoms with van der Waals surface area (Å²) >= 11 is 0. The molecule has 0 aliphatic rings. The van der Waals surface area contributed by atoms with Crippen LogP contribution in [0.4, 0.5) is 5.69 Å². The molecular formula is C24H34N2O5S. The molecule has 0 bridgehead atoms. The summed E-state index contributed by atoms with van der Waals surface area (Å²) in [5, 5.41) is 2.97. The maximum atomic E-state index is 13.1. The molecule has 32 heavy (non-hydrogen) atoms. The van der Waals surface area contributed by atoms with Crippen molar-refractivity contribution in [1.29, 1.82) is 0 Å². The molecule has 0 saturated heterocycles. The molecule has 1 amide bonds. The number of aryl methyl sites for hydroxylation is 1. The molecule has 0 unspecified atom stereocenters. The molecule has 176 valence electrons. The maximum absolute atomic E-state index is 13.1. The Bertz CT molecular complexity index is 1050. The quantitative estimate of drug-likeness (QED) is 0.605. The van der Waals surface area contributed by atoms with Crippen molar-refractivity contribution in [2.45, 2.75) is 52.6 Å². The second kappa shape index (κ2) is 10.3. The molecule has 2 aromatic rings. The monoisotopic (exact) mass is 462 g/mol. The lowest BCUT2D eigenvalue weighted by Gasteiger charge is -2.30. The smallest absolute Gasteiger partial charge is 0.244 e. The van der Waals surface area contributed by atoms with E-state index in [0.29, 0.717) is 11.4 Å². The first-order valence-electron chi connectivity index (χ1n) is 10.5. The lowest BCUT2D eigenvalue weighted by atomic mass is 9.93. The molecule has 7 nitrogen and oxygen atoms in total. The van der Waals surface area contributed by atoms with Crippen LogP contribution in [0.25, 0.3) is 0 Å². The minimum Gasteiger partial charge on any atom is -0.497 e. The van der Waals surface area contributed by atoms with Crippen LogP contribution < -0.4 is 19.1 Å². The van der Waals surface area contributed by atoms with Crippen LogP contribution in [0.2, 0.25) is 0 Å². The van der Waals surface area contributed by atoms with Gasteiger partial charge in [-0.15, -0.1) is 0 Å². The highest BCUT2D eigenvalue weighted by Gasteiger charge is 2.30. The number of methoxy groups -OCH3 is 2. The van der Waals surface area contributed by atoms with E-state index >= 15 is 0 Å². The third-order valence-corrected chi connectivity index (χ3v) is 6.72. The first kappa shape index (κ1) is 25.5. The van der Waals surface area contributed by atoms with Gasteiger partial charge in [-0.25, -0.2) is 8.42 Å². The van der Waals surface area contributed by atoms with Crippen molar-refractivity contribution >= 4 is 21.6 Å². The predicted octanol–water partition coefficient (Wildman–Crippen LogP) is 4.17. The lowest BCUT2D eigenvalue weighted by Crippen LogP contribution is -2.48. The zero-order valence-electron chi connectivity index (χ0n) is 20.1. The third kappa shape index (κ3) is 5.73. The van der Waals surface area contributed by atoms with E-state index in [9.17, 15) is 13.2 Å². The first-order chi connectivity index (χ1) is 14.9. The number of nitrogens with one attached hydrogen (secondary N) is 1. The summed E-state index contributed by atoms with van der Waals surface area (Å²) in [5.41, 5.74) is 3.40. The molecular weight excluding hydrogens is 428 g/mol. The fourth-order valence-corrected chi connectivity index (χ4v) is 4.93. The molecule has 2 rings (SSSR count). The average molecular weight is 463 g/mol. The van der Waals surface area contributed by atoms with Gasteiger partial charge in [0.25, 0.3) is 0 Å². The van der Waals surface area contributed by atoms with Crippen LogP contribution in [0.3, 0.4) is 0 Å². The molecule has 2 aromatic carbocycles. The molecule has 0 radical (unpaired) electrons. The minimum absolute atomic E-state index is 0.252. The van der Waals surface area contributed by atoms with E-state index in [1.54, 1.807) is 38.3 Å². The van der Waals surface area contributed by atoms with Gasteiger partial charge >= 0.3 is 0 Å². The molecule has 1 N–H and O–H groups in total. The van der Waals surface area contributed by atoms with Gasteiger partial charge in [-0.05, 0) is 79.8 Å². The molecule has 8 heteroatoms. The number of carbonyl (C=O) groups excluding carboxylic acids is 1. The molecule has 0 saturated carbocycles. The summed E-state index contributed by atoms with van der Waals surface area (Å²) in [6, 6.07) is 9.33. The minimum atomic E-state index is -3.70. The number of sulfonamides is 1. The van der Waals surface area contributed by atoms with Crippen LogP contribution in [0.15, 0.2) is 36.4 Å². The van der Waals surface area contributed by atoms with E-state index in [2.05, 4.69) is 19.2 Å². The number of benzene rings is 2. The van der Waals surface area contributed by atoms with E-state index in [-0.39, 0.29) is 17.9 Å². The fourth-order valence-electron chi connectivity index (χ4n) is 3.76. The summed E-state index contributed by atoms with van der Waals surface area (Å²) in [4.78, 5) is 13.1.